The van der Waals surface area contributed by atoms with E-state index >= 15 is 0 Å². The molecule has 1 saturated heterocycles. The molecule has 36 heavy (non-hydrogen) atoms. The highest BCUT2D eigenvalue weighted by molar-refractivity contribution is 6.04. The Bertz CT molecular complexity index is 1550. The molecule has 182 valence electrons. The maximum atomic E-state index is 14.2. The molecule has 8 nitrogen and oxygen atoms in total. The van der Waals surface area contributed by atoms with E-state index < -0.39 is 5.41 Å². The van der Waals surface area contributed by atoms with Crippen molar-refractivity contribution in [3.05, 3.63) is 71.4 Å². The minimum atomic E-state index is -0.811. The lowest BCUT2D eigenvalue weighted by atomic mass is 9.47. The molecule has 0 saturated carbocycles. The molecule has 4 heterocycles. The number of nitrogens with one attached hydrogen (secondary N) is 3. The highest BCUT2D eigenvalue weighted by Crippen LogP contribution is 2.64. The fourth-order valence-corrected chi connectivity index (χ4v) is 7.17. The summed E-state index contributed by atoms with van der Waals surface area (Å²) in [6.45, 7) is 5.19. The third-order valence-electron chi connectivity index (χ3n) is 8.39. The number of benzene rings is 1. The number of aryl methyl sites for hydroxylation is 1. The maximum absolute atomic E-state index is 14.2. The first-order valence-electron chi connectivity index (χ1n) is 12.6. The van der Waals surface area contributed by atoms with Gasteiger partial charge in [0.2, 0.25) is 11.9 Å². The van der Waals surface area contributed by atoms with Gasteiger partial charge in [-0.2, -0.15) is 5.10 Å². The molecule has 1 aromatic carbocycles. The Hall–Kier alpha value is -3.94. The minimum absolute atomic E-state index is 0.0802. The van der Waals surface area contributed by atoms with Gasteiger partial charge in [0.25, 0.3) is 0 Å². The van der Waals surface area contributed by atoms with Gasteiger partial charge in [0.05, 0.1) is 5.69 Å². The molecule has 3 atom stereocenters. The summed E-state index contributed by atoms with van der Waals surface area (Å²) in [7, 11) is 1.94. The molecule has 4 aromatic rings. The average Bonchev–Trinajstić information content (AvgIpc) is 3.50. The molecule has 2 aliphatic carbocycles. The van der Waals surface area contributed by atoms with E-state index in [-0.39, 0.29) is 11.3 Å². The number of H-pyrrole nitrogens is 1. The monoisotopic (exact) mass is 479 g/mol. The zero-order chi connectivity index (χ0) is 24.7. The smallest absolute Gasteiger partial charge is 0.236 e. The second kappa shape index (κ2) is 7.29. The fourth-order valence-electron chi connectivity index (χ4n) is 7.17. The lowest BCUT2D eigenvalue weighted by Gasteiger charge is -2.52. The lowest BCUT2D eigenvalue weighted by molar-refractivity contribution is -0.125. The first-order valence-corrected chi connectivity index (χ1v) is 12.6. The normalized spacial score (nSPS) is 25.9. The van der Waals surface area contributed by atoms with Crippen molar-refractivity contribution in [2.75, 3.05) is 11.9 Å². The van der Waals surface area contributed by atoms with E-state index in [0.29, 0.717) is 24.3 Å². The van der Waals surface area contributed by atoms with Crippen molar-refractivity contribution in [3.8, 4) is 0 Å². The van der Waals surface area contributed by atoms with Crippen LogP contribution in [0.5, 0.6) is 0 Å². The van der Waals surface area contributed by atoms with Crippen LogP contribution in [-0.2, 0) is 23.7 Å². The number of aromatic amines is 1. The molecule has 1 amide bonds. The number of hydrogen-bond acceptors (Lipinski definition) is 5. The van der Waals surface area contributed by atoms with Crippen LogP contribution >= 0.6 is 0 Å². The Morgan fingerprint density at radius 1 is 1.25 bits per heavy atom. The first kappa shape index (κ1) is 21.4. The molecule has 7 rings (SSSR count). The fraction of sp³-hybridized carbons (Fsp3) is 0.357. The predicted molar refractivity (Wildman–Crippen MR) is 139 cm³/mol. The third kappa shape index (κ3) is 2.64. The first-order chi connectivity index (χ1) is 17.4. The largest absolute Gasteiger partial charge is 0.358 e. The van der Waals surface area contributed by atoms with Gasteiger partial charge < -0.3 is 15.6 Å². The summed E-state index contributed by atoms with van der Waals surface area (Å²) in [6.07, 6.45) is 11.9. The van der Waals surface area contributed by atoms with Gasteiger partial charge in [0, 0.05) is 71.0 Å². The number of nitrogens with zero attached hydrogens (tertiary/aromatic N) is 4. The third-order valence-corrected chi connectivity index (χ3v) is 8.39. The van der Waals surface area contributed by atoms with Crippen LogP contribution in [-0.4, -0.2) is 37.2 Å². The molecule has 1 aliphatic heterocycles. The quantitative estimate of drug-likeness (QED) is 0.410. The topological polar surface area (TPSA) is 101 Å². The van der Waals surface area contributed by atoms with Crippen molar-refractivity contribution >= 4 is 34.5 Å². The average molecular weight is 480 g/mol. The number of aromatic nitrogens is 5. The summed E-state index contributed by atoms with van der Waals surface area (Å²) in [5.74, 6) is 1.47. The lowest BCUT2D eigenvalue weighted by Crippen LogP contribution is -2.56. The number of fused-ring (bicyclic) bond motifs is 4. The van der Waals surface area contributed by atoms with Gasteiger partial charge in [-0.15, -0.1) is 0 Å². The van der Waals surface area contributed by atoms with Gasteiger partial charge in [-0.3, -0.25) is 9.48 Å². The molecule has 3 aliphatic rings. The molecule has 0 spiro atoms. The number of rotatable bonds is 4. The number of carbonyl (C=O) groups excluding carboxylic acids is 1. The van der Waals surface area contributed by atoms with E-state index in [1.54, 1.807) is 18.5 Å². The zero-order valence-electron chi connectivity index (χ0n) is 20.7. The van der Waals surface area contributed by atoms with Crippen molar-refractivity contribution in [1.82, 2.24) is 30.0 Å². The summed E-state index contributed by atoms with van der Waals surface area (Å²) in [4.78, 5) is 26.5. The van der Waals surface area contributed by atoms with E-state index in [4.69, 9.17) is 5.10 Å². The number of carbonyl (C=O) groups is 1. The Morgan fingerprint density at radius 3 is 2.89 bits per heavy atom. The van der Waals surface area contributed by atoms with Crippen molar-refractivity contribution in [2.45, 2.75) is 32.1 Å². The van der Waals surface area contributed by atoms with Crippen LogP contribution in [0.1, 0.15) is 42.8 Å². The van der Waals surface area contributed by atoms with Gasteiger partial charge in [0.15, 0.2) is 0 Å². The summed E-state index contributed by atoms with van der Waals surface area (Å²) in [6, 6.07) is 8.05. The SMILES string of the molecule is CC(C)CC1Cc2[nH]c3cc(Nc4ncccn4)ccc3c2C23C(=O)NCC12C=Cc1nn(C)cc13. The van der Waals surface area contributed by atoms with Crippen LogP contribution in [0.2, 0.25) is 0 Å². The van der Waals surface area contributed by atoms with Crippen LogP contribution in [0.4, 0.5) is 11.6 Å². The van der Waals surface area contributed by atoms with Crippen LogP contribution in [0, 0.1) is 17.3 Å². The standard InChI is InChI=1S/C28H29N7O/c1-16(2)11-17-12-23-24(19-6-5-18(13-22(19)33-23)32-26-29-9-4-10-30-26)28-20-14-35(3)34-21(20)7-8-27(17,28)15-31-25(28)36/h4-10,13-14,16-17,33H,11-12,15H2,1-3H3,(H,31,36)(H,29,30,32). The molecule has 1 fully saturated rings. The molecule has 3 aromatic heterocycles. The molecule has 0 radical (unpaired) electrons. The van der Waals surface area contributed by atoms with Gasteiger partial charge in [-0.1, -0.05) is 26.0 Å². The molecular formula is C28H29N7O. The van der Waals surface area contributed by atoms with Crippen LogP contribution < -0.4 is 10.6 Å². The number of anilines is 2. The Kier molecular flexibility index (Phi) is 4.32. The second-order valence-corrected chi connectivity index (χ2v) is 10.9. The molecule has 3 N–H and O–H groups in total. The molecular weight excluding hydrogens is 450 g/mol. The van der Waals surface area contributed by atoms with Gasteiger partial charge in [-0.25, -0.2) is 9.97 Å². The van der Waals surface area contributed by atoms with Crippen molar-refractivity contribution in [1.29, 1.82) is 0 Å². The highest BCUT2D eigenvalue weighted by atomic mass is 16.2. The van der Waals surface area contributed by atoms with E-state index in [1.165, 1.54) is 0 Å². The van der Waals surface area contributed by atoms with Gasteiger partial charge in [-0.05, 0) is 49.0 Å². The van der Waals surface area contributed by atoms with Crippen LogP contribution in [0.25, 0.3) is 17.0 Å². The van der Waals surface area contributed by atoms with Crippen molar-refractivity contribution in [3.63, 3.8) is 0 Å². The summed E-state index contributed by atoms with van der Waals surface area (Å²) >= 11 is 0. The van der Waals surface area contributed by atoms with E-state index in [2.05, 4.69) is 69.9 Å². The van der Waals surface area contributed by atoms with Crippen LogP contribution in [0.3, 0.4) is 0 Å². The summed E-state index contributed by atoms with van der Waals surface area (Å²) in [5, 5.41) is 12.4. The predicted octanol–water partition coefficient (Wildman–Crippen LogP) is 4.08. The second-order valence-electron chi connectivity index (χ2n) is 10.9. The van der Waals surface area contributed by atoms with E-state index in [9.17, 15) is 4.79 Å². The number of amides is 1. The Balaban J connectivity index is 1.48. The van der Waals surface area contributed by atoms with E-state index in [0.717, 1.165) is 51.9 Å². The minimum Gasteiger partial charge on any atom is -0.358 e. The molecule has 8 heteroatoms. The summed E-state index contributed by atoms with van der Waals surface area (Å²) in [5.41, 5.74) is 4.92. The Morgan fingerprint density at radius 2 is 2.08 bits per heavy atom. The Labute approximate surface area is 209 Å². The molecule has 3 unspecified atom stereocenters. The maximum Gasteiger partial charge on any atom is 0.236 e. The van der Waals surface area contributed by atoms with Crippen LogP contribution in [0.15, 0.2) is 48.9 Å². The zero-order valence-corrected chi connectivity index (χ0v) is 20.7. The summed E-state index contributed by atoms with van der Waals surface area (Å²) < 4.78 is 1.84. The number of hydrogen-bond donors (Lipinski definition) is 3. The highest BCUT2D eigenvalue weighted by Gasteiger charge is 2.69. The van der Waals surface area contributed by atoms with Crippen molar-refractivity contribution < 1.29 is 4.79 Å². The molecule has 0 bridgehead atoms. The van der Waals surface area contributed by atoms with Gasteiger partial charge >= 0.3 is 0 Å². The van der Waals surface area contributed by atoms with Crippen molar-refractivity contribution in [2.24, 2.45) is 24.3 Å². The van der Waals surface area contributed by atoms with Gasteiger partial charge in [0.1, 0.15) is 5.41 Å². The van der Waals surface area contributed by atoms with E-state index in [1.807, 2.05) is 17.8 Å².